The summed E-state index contributed by atoms with van der Waals surface area (Å²) < 4.78 is 10.5. The smallest absolute Gasteiger partial charge is 0.120 e. The van der Waals surface area contributed by atoms with E-state index in [0.717, 1.165) is 12.0 Å². The van der Waals surface area contributed by atoms with Crippen LogP contribution in [0.2, 0.25) is 5.02 Å². The van der Waals surface area contributed by atoms with Gasteiger partial charge in [0.05, 0.1) is 30.9 Å². The van der Waals surface area contributed by atoms with Crippen molar-refractivity contribution in [2.45, 2.75) is 25.6 Å². The molecule has 4 heteroatoms. The Bertz CT molecular complexity index is 394. The highest BCUT2D eigenvalue weighted by atomic mass is 35.5. The van der Waals surface area contributed by atoms with E-state index in [1.54, 1.807) is 13.2 Å². The molecule has 1 saturated heterocycles. The monoisotopic (exact) mass is 256 g/mol. The van der Waals surface area contributed by atoms with Crippen LogP contribution in [0.25, 0.3) is 0 Å². The molecule has 1 aliphatic heterocycles. The second-order valence-corrected chi connectivity index (χ2v) is 4.88. The molecule has 2 rings (SSSR count). The van der Waals surface area contributed by atoms with Crippen LogP contribution >= 0.6 is 11.6 Å². The molecule has 3 atom stereocenters. The first kappa shape index (κ1) is 12.7. The van der Waals surface area contributed by atoms with Crippen molar-refractivity contribution in [2.75, 3.05) is 13.7 Å². The Kier molecular flexibility index (Phi) is 3.92. The van der Waals surface area contributed by atoms with Crippen molar-refractivity contribution in [3.05, 3.63) is 28.8 Å². The lowest BCUT2D eigenvalue weighted by atomic mass is 9.93. The fourth-order valence-electron chi connectivity index (χ4n) is 2.20. The second kappa shape index (κ2) is 5.25. The van der Waals surface area contributed by atoms with Crippen LogP contribution in [0, 0.1) is 5.92 Å². The van der Waals surface area contributed by atoms with Gasteiger partial charge in [-0.3, -0.25) is 0 Å². The maximum absolute atomic E-state index is 10.3. The summed E-state index contributed by atoms with van der Waals surface area (Å²) in [6.45, 7) is 2.60. The van der Waals surface area contributed by atoms with Crippen molar-refractivity contribution in [3.63, 3.8) is 0 Å². The Hall–Kier alpha value is -0.770. The standard InChI is InChI=1S/C13H17ClO3/c1-8-5-9(7-17-8)13(15)11-4-3-10(16-2)6-12(11)14/h3-4,6,8-9,13,15H,5,7H2,1-2H3. The molecule has 1 heterocycles. The minimum absolute atomic E-state index is 0.121. The van der Waals surface area contributed by atoms with Gasteiger partial charge in [-0.15, -0.1) is 0 Å². The van der Waals surface area contributed by atoms with E-state index in [9.17, 15) is 5.11 Å². The summed E-state index contributed by atoms with van der Waals surface area (Å²) in [4.78, 5) is 0. The third kappa shape index (κ3) is 2.73. The first-order valence-corrected chi connectivity index (χ1v) is 6.12. The lowest BCUT2D eigenvalue weighted by molar-refractivity contribution is 0.0804. The maximum Gasteiger partial charge on any atom is 0.120 e. The van der Waals surface area contributed by atoms with Crippen LogP contribution in [0.3, 0.4) is 0 Å². The molecule has 0 aromatic heterocycles. The average Bonchev–Trinajstić information content (AvgIpc) is 2.75. The number of halogens is 1. The minimum Gasteiger partial charge on any atom is -0.497 e. The summed E-state index contributed by atoms with van der Waals surface area (Å²) in [6, 6.07) is 5.35. The highest BCUT2D eigenvalue weighted by molar-refractivity contribution is 6.31. The number of ether oxygens (including phenoxy) is 2. The fourth-order valence-corrected chi connectivity index (χ4v) is 2.48. The lowest BCUT2D eigenvalue weighted by Crippen LogP contribution is -2.13. The van der Waals surface area contributed by atoms with Gasteiger partial charge in [0.25, 0.3) is 0 Å². The van der Waals surface area contributed by atoms with Gasteiger partial charge in [-0.05, 0) is 31.0 Å². The third-order valence-electron chi connectivity index (χ3n) is 3.20. The second-order valence-electron chi connectivity index (χ2n) is 4.47. The van der Waals surface area contributed by atoms with Crippen molar-refractivity contribution < 1.29 is 14.6 Å². The van der Waals surface area contributed by atoms with Crippen molar-refractivity contribution in [1.29, 1.82) is 0 Å². The predicted molar refractivity (Wildman–Crippen MR) is 66.5 cm³/mol. The first-order valence-electron chi connectivity index (χ1n) is 5.75. The number of methoxy groups -OCH3 is 1. The quantitative estimate of drug-likeness (QED) is 0.904. The van der Waals surface area contributed by atoms with Crippen LogP contribution in [-0.2, 0) is 4.74 Å². The van der Waals surface area contributed by atoms with Crippen molar-refractivity contribution in [1.82, 2.24) is 0 Å². The number of aliphatic hydroxyl groups is 1. The molecule has 1 N–H and O–H groups in total. The molecular weight excluding hydrogens is 240 g/mol. The van der Waals surface area contributed by atoms with Gasteiger partial charge in [-0.1, -0.05) is 17.7 Å². The van der Waals surface area contributed by atoms with Crippen LogP contribution in [0.15, 0.2) is 18.2 Å². The van der Waals surface area contributed by atoms with E-state index in [4.69, 9.17) is 21.1 Å². The molecule has 1 fully saturated rings. The van der Waals surface area contributed by atoms with Crippen molar-refractivity contribution >= 4 is 11.6 Å². The first-order chi connectivity index (χ1) is 8.11. The topological polar surface area (TPSA) is 38.7 Å². The maximum atomic E-state index is 10.3. The minimum atomic E-state index is -0.571. The highest BCUT2D eigenvalue weighted by Gasteiger charge is 2.30. The van der Waals surface area contributed by atoms with E-state index in [1.807, 2.05) is 19.1 Å². The van der Waals surface area contributed by atoms with Crippen LogP contribution < -0.4 is 4.74 Å². The molecule has 1 aromatic carbocycles. The van der Waals surface area contributed by atoms with Gasteiger partial charge in [0.1, 0.15) is 5.75 Å². The van der Waals surface area contributed by atoms with E-state index in [2.05, 4.69) is 0 Å². The normalized spacial score (nSPS) is 25.9. The molecule has 1 aliphatic rings. The molecule has 0 aliphatic carbocycles. The summed E-state index contributed by atoms with van der Waals surface area (Å²) in [6.07, 6.45) is 0.508. The van der Waals surface area contributed by atoms with Crippen molar-refractivity contribution in [2.24, 2.45) is 5.92 Å². The van der Waals surface area contributed by atoms with Gasteiger partial charge >= 0.3 is 0 Å². The van der Waals surface area contributed by atoms with E-state index in [-0.39, 0.29) is 12.0 Å². The van der Waals surface area contributed by atoms with Crippen LogP contribution in [0.5, 0.6) is 5.75 Å². The summed E-state index contributed by atoms with van der Waals surface area (Å²) in [5.74, 6) is 0.817. The molecule has 0 saturated carbocycles. The van der Waals surface area contributed by atoms with E-state index in [0.29, 0.717) is 17.4 Å². The Labute approximate surface area is 106 Å². The third-order valence-corrected chi connectivity index (χ3v) is 3.53. The number of rotatable bonds is 3. The van der Waals surface area contributed by atoms with Gasteiger partial charge in [-0.25, -0.2) is 0 Å². The zero-order valence-corrected chi connectivity index (χ0v) is 10.8. The molecule has 3 nitrogen and oxygen atoms in total. The van der Waals surface area contributed by atoms with Crippen LogP contribution in [-0.4, -0.2) is 24.9 Å². The number of benzene rings is 1. The van der Waals surface area contributed by atoms with Gasteiger partial charge in [0, 0.05) is 5.92 Å². The van der Waals surface area contributed by atoms with E-state index < -0.39 is 6.10 Å². The lowest BCUT2D eigenvalue weighted by Gasteiger charge is -2.18. The number of hydrogen-bond donors (Lipinski definition) is 1. The van der Waals surface area contributed by atoms with Gasteiger partial charge in [-0.2, -0.15) is 0 Å². The Morgan fingerprint density at radius 3 is 2.82 bits per heavy atom. The number of aliphatic hydroxyl groups excluding tert-OH is 1. The highest BCUT2D eigenvalue weighted by Crippen LogP contribution is 2.36. The molecule has 94 valence electrons. The number of hydrogen-bond acceptors (Lipinski definition) is 3. The summed E-state index contributed by atoms with van der Waals surface area (Å²) in [5.41, 5.74) is 0.746. The fraction of sp³-hybridized carbons (Fsp3) is 0.538. The van der Waals surface area contributed by atoms with Gasteiger partial charge < -0.3 is 14.6 Å². The Morgan fingerprint density at radius 2 is 2.29 bits per heavy atom. The van der Waals surface area contributed by atoms with E-state index >= 15 is 0 Å². The van der Waals surface area contributed by atoms with Gasteiger partial charge in [0.2, 0.25) is 0 Å². The Morgan fingerprint density at radius 1 is 1.53 bits per heavy atom. The molecule has 0 bridgehead atoms. The average molecular weight is 257 g/mol. The summed E-state index contributed by atoms with van der Waals surface area (Å²) >= 11 is 6.14. The molecule has 0 amide bonds. The molecular formula is C13H17ClO3. The van der Waals surface area contributed by atoms with Crippen LogP contribution in [0.4, 0.5) is 0 Å². The molecule has 0 spiro atoms. The predicted octanol–water partition coefficient (Wildman–Crippen LogP) is 2.81. The zero-order chi connectivity index (χ0) is 12.4. The largest absolute Gasteiger partial charge is 0.497 e. The summed E-state index contributed by atoms with van der Waals surface area (Å²) in [5, 5.41) is 10.8. The van der Waals surface area contributed by atoms with Crippen molar-refractivity contribution in [3.8, 4) is 5.75 Å². The van der Waals surface area contributed by atoms with Crippen LogP contribution in [0.1, 0.15) is 25.0 Å². The zero-order valence-electron chi connectivity index (χ0n) is 10.0. The SMILES string of the molecule is COc1ccc(C(O)C2COC(C)C2)c(Cl)c1. The Balaban J connectivity index is 2.16. The molecule has 17 heavy (non-hydrogen) atoms. The van der Waals surface area contributed by atoms with Gasteiger partial charge in [0.15, 0.2) is 0 Å². The molecule has 3 unspecified atom stereocenters. The van der Waals surface area contributed by atoms with E-state index in [1.165, 1.54) is 0 Å². The molecule has 0 radical (unpaired) electrons. The molecule has 1 aromatic rings. The summed E-state index contributed by atoms with van der Waals surface area (Å²) in [7, 11) is 1.59.